The number of carbonyl (C=O) groups excluding carboxylic acids is 1. The summed E-state index contributed by atoms with van der Waals surface area (Å²) in [5.74, 6) is 1.31. The average molecular weight is 550 g/mol. The van der Waals surface area contributed by atoms with Gasteiger partial charge >= 0.3 is 0 Å². The van der Waals surface area contributed by atoms with Crippen LogP contribution in [0.5, 0.6) is 5.75 Å². The van der Waals surface area contributed by atoms with E-state index in [1.54, 1.807) is 12.0 Å². The predicted octanol–water partition coefficient (Wildman–Crippen LogP) is 6.44. The lowest BCUT2D eigenvalue weighted by Crippen LogP contribution is -2.43. The van der Waals surface area contributed by atoms with Crippen molar-refractivity contribution < 1.29 is 9.53 Å². The maximum Gasteiger partial charge on any atom is 0.290 e. The molecule has 35 heavy (non-hydrogen) atoms. The molecule has 0 radical (unpaired) electrons. The predicted molar refractivity (Wildman–Crippen MR) is 150 cm³/mol. The number of fused-ring (bicyclic) bond motifs is 3. The monoisotopic (exact) mass is 548 g/mol. The van der Waals surface area contributed by atoms with Crippen molar-refractivity contribution in [1.82, 2.24) is 19.8 Å². The molecule has 196 valence electrons. The molecule has 1 aromatic heterocycles. The highest BCUT2D eigenvalue weighted by atomic mass is 79.9. The largest absolute Gasteiger partial charge is 0.496 e. The van der Waals surface area contributed by atoms with Gasteiger partial charge < -0.3 is 19.5 Å². The number of nitrogens with zero attached hydrogens (tertiary/aromatic N) is 3. The molecule has 1 aromatic carbocycles. The fourth-order valence-corrected chi connectivity index (χ4v) is 4.67. The van der Waals surface area contributed by atoms with Crippen molar-refractivity contribution in [2.45, 2.75) is 105 Å². The standard InChI is InChI=1S/C22H30BrN3O2.C6H15N/c1-21(2,3)18-17-14-12-15(23)16(28-8)11-13(14)9-10-26(17)19(24-18)20(27)25(7)22(4,5)6;1-5(2)7-6(3)4/h11-12H,9-10H2,1-8H3;5-7H,1-4H3. The van der Waals surface area contributed by atoms with Crippen LogP contribution >= 0.6 is 15.9 Å². The Labute approximate surface area is 221 Å². The van der Waals surface area contributed by atoms with Crippen LogP contribution in [0.25, 0.3) is 11.3 Å². The zero-order valence-corrected chi connectivity index (χ0v) is 25.3. The minimum Gasteiger partial charge on any atom is -0.496 e. The number of imidazole rings is 1. The number of carbonyl (C=O) groups is 1. The molecule has 1 amide bonds. The molecule has 0 saturated heterocycles. The Kier molecular flexibility index (Phi) is 9.26. The first-order valence-corrected chi connectivity index (χ1v) is 13.3. The van der Waals surface area contributed by atoms with Gasteiger partial charge in [0.2, 0.25) is 0 Å². The summed E-state index contributed by atoms with van der Waals surface area (Å²) >= 11 is 3.62. The fourth-order valence-electron chi connectivity index (χ4n) is 4.16. The number of nitrogens with one attached hydrogen (secondary N) is 1. The summed E-state index contributed by atoms with van der Waals surface area (Å²) in [7, 11) is 3.53. The minimum atomic E-state index is -0.270. The Morgan fingerprint density at radius 1 is 1.11 bits per heavy atom. The van der Waals surface area contributed by atoms with Crippen LogP contribution in [0.2, 0.25) is 0 Å². The summed E-state index contributed by atoms with van der Waals surface area (Å²) in [4.78, 5) is 20.0. The van der Waals surface area contributed by atoms with E-state index in [-0.39, 0.29) is 16.9 Å². The Hall–Kier alpha value is -1.86. The number of amides is 1. The quantitative estimate of drug-likeness (QED) is 0.477. The molecule has 0 aliphatic carbocycles. The molecule has 1 aliphatic heterocycles. The number of hydrogen-bond acceptors (Lipinski definition) is 4. The SMILES string of the molecule is CC(C)NC(C)C.COc1cc2c(cc1Br)-c1c(C(C)(C)C)nc(C(=O)N(C)C(C)(C)C)n1CC2. The summed E-state index contributed by atoms with van der Waals surface area (Å²) in [5.41, 5.74) is 3.89. The molecule has 3 rings (SSSR count). The summed E-state index contributed by atoms with van der Waals surface area (Å²) in [5, 5.41) is 3.31. The highest BCUT2D eigenvalue weighted by Gasteiger charge is 2.35. The molecule has 2 heterocycles. The van der Waals surface area contributed by atoms with Crippen LogP contribution in [0.4, 0.5) is 0 Å². The van der Waals surface area contributed by atoms with E-state index in [1.165, 1.54) is 5.56 Å². The van der Waals surface area contributed by atoms with Crippen molar-refractivity contribution in [1.29, 1.82) is 0 Å². The number of ether oxygens (including phenoxy) is 1. The maximum atomic E-state index is 13.3. The van der Waals surface area contributed by atoms with Gasteiger partial charge in [-0.1, -0.05) is 48.5 Å². The number of rotatable bonds is 4. The van der Waals surface area contributed by atoms with Crippen LogP contribution < -0.4 is 10.1 Å². The third-order valence-electron chi connectivity index (χ3n) is 6.08. The maximum absolute atomic E-state index is 13.3. The van der Waals surface area contributed by atoms with Crippen molar-refractivity contribution in [3.63, 3.8) is 0 Å². The first-order chi connectivity index (χ1) is 16.0. The summed E-state index contributed by atoms with van der Waals surface area (Å²) < 4.78 is 8.49. The summed E-state index contributed by atoms with van der Waals surface area (Å²) in [6, 6.07) is 5.43. The van der Waals surface area contributed by atoms with Crippen LogP contribution in [0.1, 0.15) is 91.1 Å². The van der Waals surface area contributed by atoms with Crippen molar-refractivity contribution in [2.24, 2.45) is 0 Å². The summed E-state index contributed by atoms with van der Waals surface area (Å²) in [6.45, 7) is 21.9. The molecule has 6 nitrogen and oxygen atoms in total. The van der Waals surface area contributed by atoms with Crippen LogP contribution in [0.15, 0.2) is 16.6 Å². The molecule has 0 fully saturated rings. The molecule has 2 aromatic rings. The van der Waals surface area contributed by atoms with Gasteiger partial charge in [0.1, 0.15) is 5.75 Å². The van der Waals surface area contributed by atoms with Gasteiger partial charge in [-0.05, 0) is 60.8 Å². The lowest BCUT2D eigenvalue weighted by atomic mass is 9.86. The van der Waals surface area contributed by atoms with Gasteiger partial charge in [-0.25, -0.2) is 4.98 Å². The van der Waals surface area contributed by atoms with Crippen molar-refractivity contribution in [3.05, 3.63) is 33.7 Å². The minimum absolute atomic E-state index is 0.0414. The van der Waals surface area contributed by atoms with E-state index in [0.717, 1.165) is 40.1 Å². The second-order valence-electron chi connectivity index (χ2n) is 11.9. The first-order valence-electron chi connectivity index (χ1n) is 12.5. The van der Waals surface area contributed by atoms with E-state index < -0.39 is 0 Å². The first kappa shape index (κ1) is 29.4. The second kappa shape index (κ2) is 11.0. The molecule has 0 unspecified atom stereocenters. The van der Waals surface area contributed by atoms with Crippen LogP contribution in [0.3, 0.4) is 0 Å². The Morgan fingerprint density at radius 2 is 1.69 bits per heavy atom. The van der Waals surface area contributed by atoms with Gasteiger partial charge in [-0.2, -0.15) is 0 Å². The highest BCUT2D eigenvalue weighted by Crippen LogP contribution is 2.42. The number of aryl methyl sites for hydroxylation is 1. The van der Waals surface area contributed by atoms with E-state index in [1.807, 2.05) is 27.8 Å². The molecular formula is C28H45BrN4O2. The van der Waals surface area contributed by atoms with Crippen LogP contribution in [-0.4, -0.2) is 52.1 Å². The molecule has 0 atom stereocenters. The van der Waals surface area contributed by atoms with E-state index in [4.69, 9.17) is 9.72 Å². The van der Waals surface area contributed by atoms with Gasteiger partial charge in [0.25, 0.3) is 5.91 Å². The van der Waals surface area contributed by atoms with Crippen molar-refractivity contribution >= 4 is 21.8 Å². The Bertz CT molecular complexity index is 1040. The van der Waals surface area contributed by atoms with Crippen molar-refractivity contribution in [2.75, 3.05) is 14.2 Å². The van der Waals surface area contributed by atoms with E-state index in [0.29, 0.717) is 17.9 Å². The molecule has 0 bridgehead atoms. The smallest absolute Gasteiger partial charge is 0.290 e. The molecule has 7 heteroatoms. The number of benzene rings is 1. The van der Waals surface area contributed by atoms with Crippen molar-refractivity contribution in [3.8, 4) is 17.0 Å². The number of halogens is 1. The number of hydrogen-bond donors (Lipinski definition) is 1. The van der Waals surface area contributed by atoms with E-state index in [9.17, 15) is 4.79 Å². The third-order valence-corrected chi connectivity index (χ3v) is 6.70. The van der Waals surface area contributed by atoms with Gasteiger partial charge in [-0.3, -0.25) is 4.79 Å². The van der Waals surface area contributed by atoms with E-state index >= 15 is 0 Å². The number of methoxy groups -OCH3 is 1. The molecule has 1 N–H and O–H groups in total. The van der Waals surface area contributed by atoms with Gasteiger partial charge in [0, 0.05) is 42.2 Å². The zero-order chi connectivity index (χ0) is 26.9. The lowest BCUT2D eigenvalue weighted by molar-refractivity contribution is 0.0637. The Balaban J connectivity index is 0.000000540. The van der Waals surface area contributed by atoms with Crippen LogP contribution in [0, 0.1) is 0 Å². The van der Waals surface area contributed by atoms with Gasteiger partial charge in [0.15, 0.2) is 5.82 Å². The molecular weight excluding hydrogens is 504 g/mol. The highest BCUT2D eigenvalue weighted by molar-refractivity contribution is 9.10. The fraction of sp³-hybridized carbons (Fsp3) is 0.643. The average Bonchev–Trinajstić information content (AvgIpc) is 3.11. The van der Waals surface area contributed by atoms with E-state index in [2.05, 4.69) is 86.4 Å². The lowest BCUT2D eigenvalue weighted by Gasteiger charge is -2.32. The summed E-state index contributed by atoms with van der Waals surface area (Å²) in [6.07, 6.45) is 0.839. The third kappa shape index (κ3) is 6.88. The normalized spacial score (nSPS) is 13.2. The second-order valence-corrected chi connectivity index (χ2v) is 12.8. The Morgan fingerprint density at radius 3 is 2.11 bits per heavy atom. The topological polar surface area (TPSA) is 59.4 Å². The van der Waals surface area contributed by atoms with Gasteiger partial charge in [0.05, 0.1) is 23.0 Å². The number of aromatic nitrogens is 2. The molecule has 1 aliphatic rings. The zero-order valence-electron chi connectivity index (χ0n) is 23.8. The van der Waals surface area contributed by atoms with Crippen LogP contribution in [-0.2, 0) is 18.4 Å². The molecule has 0 spiro atoms. The van der Waals surface area contributed by atoms with Gasteiger partial charge in [-0.15, -0.1) is 0 Å². The molecule has 0 saturated carbocycles.